The lowest BCUT2D eigenvalue weighted by Crippen LogP contribution is -2.63. The zero-order valence-electron chi connectivity index (χ0n) is 22.5. The average molecular weight is 575 g/mol. The Bertz CT molecular complexity index is 1210. The van der Waals surface area contributed by atoms with Gasteiger partial charge in [-0.25, -0.2) is 9.59 Å². The van der Waals surface area contributed by atoms with Gasteiger partial charge in [0.15, 0.2) is 0 Å². The molecule has 0 aliphatic carbocycles. The molecule has 4 aliphatic heterocycles. The van der Waals surface area contributed by atoms with E-state index in [1.54, 1.807) is 35.7 Å². The molecule has 12 nitrogen and oxygen atoms in total. The number of non-ortho nitro benzene ring substituents is 1. The van der Waals surface area contributed by atoms with Gasteiger partial charge in [0.25, 0.3) is 5.69 Å². The van der Waals surface area contributed by atoms with Gasteiger partial charge < -0.3 is 24.7 Å². The quantitative estimate of drug-likeness (QED) is 0.269. The van der Waals surface area contributed by atoms with Crippen LogP contribution in [0.4, 0.5) is 10.5 Å². The van der Waals surface area contributed by atoms with Crippen molar-refractivity contribution in [2.24, 2.45) is 11.8 Å². The standard InChI is InChI=1S/C27H34N4O8S/c1-15-22-21(16(2)32)25(33)30(22)23(26(34)35)24(15)40-20-9-12-29(13-20)18-7-10-28(11-8-18)27(36)39-14-17-3-5-19(6-4-17)31(37)38/h3-6,15-16,18,20-22,32H,7-14H2,1-2H3,(H,34,35)/t15-,16-,20-,21-,22-/m1/s1. The third-order valence-electron chi connectivity index (χ3n) is 8.53. The number of nitrogens with zero attached hydrogens (tertiary/aromatic N) is 4. The number of carboxylic acids is 1. The highest BCUT2D eigenvalue weighted by atomic mass is 32.2. The fraction of sp³-hybridized carbons (Fsp3) is 0.593. The number of aliphatic carboxylic acids is 1. The number of likely N-dealkylation sites (tertiary alicyclic amines) is 2. The van der Waals surface area contributed by atoms with E-state index in [-0.39, 0.29) is 41.1 Å². The van der Waals surface area contributed by atoms with Crippen LogP contribution in [0.1, 0.15) is 38.7 Å². The van der Waals surface area contributed by atoms with Crippen LogP contribution >= 0.6 is 11.8 Å². The molecule has 0 spiro atoms. The van der Waals surface area contributed by atoms with Crippen LogP contribution in [0.3, 0.4) is 0 Å². The summed E-state index contributed by atoms with van der Waals surface area (Å²) in [5, 5.41) is 30.9. The summed E-state index contributed by atoms with van der Waals surface area (Å²) in [5.74, 6) is -2.11. The molecule has 4 aliphatic rings. The highest BCUT2D eigenvalue weighted by Gasteiger charge is 2.60. The Labute approximate surface area is 236 Å². The van der Waals surface area contributed by atoms with E-state index in [0.717, 1.165) is 37.3 Å². The van der Waals surface area contributed by atoms with Gasteiger partial charge >= 0.3 is 12.1 Å². The number of carboxylic acid groups (broad SMARTS) is 1. The minimum atomic E-state index is -1.10. The molecular weight excluding hydrogens is 540 g/mol. The minimum absolute atomic E-state index is 0.0125. The van der Waals surface area contributed by atoms with Crippen molar-refractivity contribution >= 4 is 35.4 Å². The Hall–Kier alpha value is -3.16. The van der Waals surface area contributed by atoms with Crippen molar-refractivity contribution in [2.45, 2.75) is 63.2 Å². The van der Waals surface area contributed by atoms with E-state index in [2.05, 4.69) is 4.90 Å². The largest absolute Gasteiger partial charge is 0.477 e. The Morgan fingerprint density at radius 2 is 1.85 bits per heavy atom. The number of amides is 2. The lowest BCUT2D eigenvalue weighted by Gasteiger charge is -2.46. The summed E-state index contributed by atoms with van der Waals surface area (Å²) in [6.07, 6.45) is 1.31. The number of nitro groups is 1. The molecule has 2 N–H and O–H groups in total. The molecule has 0 saturated carbocycles. The molecule has 0 unspecified atom stereocenters. The Balaban J connectivity index is 1.11. The van der Waals surface area contributed by atoms with Gasteiger partial charge in [0.2, 0.25) is 5.91 Å². The second-order valence-corrected chi connectivity index (χ2v) is 12.3. The van der Waals surface area contributed by atoms with E-state index in [4.69, 9.17) is 4.74 Å². The topological polar surface area (TPSA) is 154 Å². The fourth-order valence-corrected chi connectivity index (χ4v) is 7.90. The number of β-lactam (4-membered cyclic amide) rings is 1. The number of carbonyl (C=O) groups excluding carboxylic acids is 2. The third kappa shape index (κ3) is 5.29. The van der Waals surface area contributed by atoms with Crippen molar-refractivity contribution in [2.75, 3.05) is 26.2 Å². The van der Waals surface area contributed by atoms with E-state index in [1.165, 1.54) is 17.0 Å². The first-order chi connectivity index (χ1) is 19.1. The van der Waals surface area contributed by atoms with Crippen molar-refractivity contribution in [3.63, 3.8) is 0 Å². The summed E-state index contributed by atoms with van der Waals surface area (Å²) in [4.78, 5) is 53.8. The number of aliphatic hydroxyl groups is 1. The normalized spacial score (nSPS) is 27.9. The van der Waals surface area contributed by atoms with Gasteiger partial charge in [0.1, 0.15) is 12.3 Å². The molecule has 1 aromatic rings. The molecule has 5 rings (SSSR count). The molecule has 3 saturated heterocycles. The number of carbonyl (C=O) groups is 3. The van der Waals surface area contributed by atoms with Gasteiger partial charge in [-0.1, -0.05) is 6.92 Å². The number of hydrogen-bond donors (Lipinski definition) is 2. The Kier molecular flexibility index (Phi) is 8.07. The van der Waals surface area contributed by atoms with Crippen LogP contribution in [0.5, 0.6) is 0 Å². The van der Waals surface area contributed by atoms with Crippen LogP contribution in [0.15, 0.2) is 34.9 Å². The van der Waals surface area contributed by atoms with Crippen molar-refractivity contribution in [1.29, 1.82) is 0 Å². The molecule has 40 heavy (non-hydrogen) atoms. The lowest BCUT2D eigenvalue weighted by atomic mass is 9.79. The molecule has 3 fully saturated rings. The molecule has 13 heteroatoms. The SMILES string of the molecule is C[C@@H](O)[C@H]1C(=O)N2C(C(=O)O)=C(S[C@@H]3CCN(C4CCN(C(=O)OCc5ccc([N+](=O)[O-])cc5)CC4)C3)[C@H](C)[C@H]12. The van der Waals surface area contributed by atoms with Gasteiger partial charge in [-0.2, -0.15) is 0 Å². The molecule has 0 bridgehead atoms. The van der Waals surface area contributed by atoms with Crippen LogP contribution in [-0.4, -0.2) is 97.4 Å². The predicted molar refractivity (Wildman–Crippen MR) is 145 cm³/mol. The van der Waals surface area contributed by atoms with Crippen molar-refractivity contribution in [1.82, 2.24) is 14.7 Å². The van der Waals surface area contributed by atoms with Crippen LogP contribution in [0, 0.1) is 22.0 Å². The lowest BCUT2D eigenvalue weighted by molar-refractivity contribution is -0.384. The average Bonchev–Trinajstić information content (AvgIpc) is 3.49. The van der Waals surface area contributed by atoms with E-state index in [9.17, 15) is 34.7 Å². The second kappa shape index (κ2) is 11.4. The molecular formula is C27H34N4O8S. The number of nitro benzene ring substituents is 1. The van der Waals surface area contributed by atoms with Gasteiger partial charge in [0.05, 0.1) is 23.0 Å². The first kappa shape index (κ1) is 28.4. The Morgan fingerprint density at radius 1 is 1.18 bits per heavy atom. The molecule has 216 valence electrons. The number of ether oxygens (including phenoxy) is 1. The number of rotatable bonds is 8. The van der Waals surface area contributed by atoms with E-state index >= 15 is 0 Å². The Morgan fingerprint density at radius 3 is 2.45 bits per heavy atom. The molecule has 0 radical (unpaired) electrons. The van der Waals surface area contributed by atoms with Crippen LogP contribution in [0.25, 0.3) is 0 Å². The monoisotopic (exact) mass is 574 g/mol. The van der Waals surface area contributed by atoms with Gasteiger partial charge in [-0.3, -0.25) is 19.8 Å². The number of benzene rings is 1. The second-order valence-electron chi connectivity index (χ2n) is 11.0. The van der Waals surface area contributed by atoms with E-state index in [1.807, 2.05) is 6.92 Å². The zero-order chi connectivity index (χ0) is 28.7. The van der Waals surface area contributed by atoms with Crippen LogP contribution in [0.2, 0.25) is 0 Å². The van der Waals surface area contributed by atoms with Crippen LogP contribution in [-0.2, 0) is 20.9 Å². The summed E-state index contributed by atoms with van der Waals surface area (Å²) < 4.78 is 5.42. The summed E-state index contributed by atoms with van der Waals surface area (Å²) in [6.45, 7) is 6.42. The van der Waals surface area contributed by atoms with Gasteiger partial charge in [-0.15, -0.1) is 11.8 Å². The third-order valence-corrected chi connectivity index (χ3v) is 10.1. The number of aliphatic hydroxyl groups excluding tert-OH is 1. The molecule has 4 heterocycles. The minimum Gasteiger partial charge on any atom is -0.477 e. The fourth-order valence-electron chi connectivity index (χ4n) is 6.40. The number of piperidine rings is 1. The zero-order valence-corrected chi connectivity index (χ0v) is 23.3. The van der Waals surface area contributed by atoms with Crippen LogP contribution < -0.4 is 0 Å². The first-order valence-corrected chi connectivity index (χ1v) is 14.5. The van der Waals surface area contributed by atoms with E-state index in [0.29, 0.717) is 24.7 Å². The van der Waals surface area contributed by atoms with Gasteiger partial charge in [0, 0.05) is 53.9 Å². The maximum Gasteiger partial charge on any atom is 0.410 e. The number of thioether (sulfide) groups is 1. The summed E-state index contributed by atoms with van der Waals surface area (Å²) >= 11 is 1.56. The maximum atomic E-state index is 12.6. The summed E-state index contributed by atoms with van der Waals surface area (Å²) in [5.41, 5.74) is 0.743. The number of hydrogen-bond acceptors (Lipinski definition) is 9. The van der Waals surface area contributed by atoms with Crippen molar-refractivity contribution in [3.8, 4) is 0 Å². The maximum absolute atomic E-state index is 12.6. The van der Waals surface area contributed by atoms with Crippen molar-refractivity contribution < 1.29 is 34.3 Å². The summed E-state index contributed by atoms with van der Waals surface area (Å²) in [7, 11) is 0. The van der Waals surface area contributed by atoms with Crippen molar-refractivity contribution in [3.05, 3.63) is 50.5 Å². The molecule has 0 aromatic heterocycles. The summed E-state index contributed by atoms with van der Waals surface area (Å²) in [6, 6.07) is 5.94. The first-order valence-electron chi connectivity index (χ1n) is 13.6. The molecule has 1 aromatic carbocycles. The van der Waals surface area contributed by atoms with Gasteiger partial charge in [-0.05, 0) is 50.4 Å². The highest BCUT2D eigenvalue weighted by molar-refractivity contribution is 8.03. The smallest absolute Gasteiger partial charge is 0.410 e. The highest BCUT2D eigenvalue weighted by Crippen LogP contribution is 2.52. The molecule has 2 amide bonds. The molecule has 5 atom stereocenters. The predicted octanol–water partition coefficient (Wildman–Crippen LogP) is 2.66. The number of fused-ring (bicyclic) bond motifs is 1. The van der Waals surface area contributed by atoms with E-state index < -0.39 is 29.0 Å².